The highest BCUT2D eigenvalue weighted by Crippen LogP contribution is 2.26. The quantitative estimate of drug-likeness (QED) is 0.862. The molecule has 3 heteroatoms. The lowest BCUT2D eigenvalue weighted by Gasteiger charge is -2.24. The maximum Gasteiger partial charge on any atom is 0.123 e. The molecule has 0 aromatic heterocycles. The molecular weight excluding hydrogens is 229 g/mol. The summed E-state index contributed by atoms with van der Waals surface area (Å²) in [6.07, 6.45) is 3.04. The maximum atomic E-state index is 12.8. The van der Waals surface area contributed by atoms with Crippen molar-refractivity contribution in [2.24, 2.45) is 5.92 Å². The first-order valence-corrected chi connectivity index (χ1v) is 6.76. The summed E-state index contributed by atoms with van der Waals surface area (Å²) in [5, 5.41) is 13.7. The van der Waals surface area contributed by atoms with Crippen LogP contribution in [0.15, 0.2) is 24.3 Å². The van der Waals surface area contributed by atoms with Crippen LogP contribution in [0.2, 0.25) is 0 Å². The molecule has 18 heavy (non-hydrogen) atoms. The maximum absolute atomic E-state index is 12.8. The van der Waals surface area contributed by atoms with Crippen LogP contribution in [0.1, 0.15) is 44.8 Å². The van der Waals surface area contributed by atoms with Gasteiger partial charge in [-0.15, -0.1) is 0 Å². The van der Waals surface area contributed by atoms with Crippen LogP contribution in [-0.2, 0) is 0 Å². The minimum atomic E-state index is -0.582. The van der Waals surface area contributed by atoms with Gasteiger partial charge in [-0.05, 0) is 49.8 Å². The van der Waals surface area contributed by atoms with Gasteiger partial charge in [0.1, 0.15) is 5.82 Å². The summed E-state index contributed by atoms with van der Waals surface area (Å²) in [6.45, 7) is 4.25. The van der Waals surface area contributed by atoms with Crippen LogP contribution in [0.3, 0.4) is 0 Å². The molecule has 1 aromatic carbocycles. The van der Waals surface area contributed by atoms with E-state index >= 15 is 0 Å². The first-order valence-electron chi connectivity index (χ1n) is 6.76. The highest BCUT2D eigenvalue weighted by atomic mass is 19.1. The molecule has 1 aliphatic rings. The van der Waals surface area contributed by atoms with E-state index in [9.17, 15) is 9.50 Å². The van der Waals surface area contributed by atoms with Gasteiger partial charge >= 0.3 is 0 Å². The third kappa shape index (κ3) is 3.30. The summed E-state index contributed by atoms with van der Waals surface area (Å²) in [5.74, 6) is 0.508. The van der Waals surface area contributed by atoms with Gasteiger partial charge < -0.3 is 10.4 Å². The largest absolute Gasteiger partial charge is 0.387 e. The number of hydrogen-bond acceptors (Lipinski definition) is 2. The van der Waals surface area contributed by atoms with Gasteiger partial charge in [-0.2, -0.15) is 0 Å². The Kier molecular flexibility index (Phi) is 4.36. The third-order valence-electron chi connectivity index (χ3n) is 3.88. The summed E-state index contributed by atoms with van der Waals surface area (Å²) >= 11 is 0. The van der Waals surface area contributed by atoms with Gasteiger partial charge in [0.15, 0.2) is 0 Å². The van der Waals surface area contributed by atoms with Crippen molar-refractivity contribution in [1.29, 1.82) is 0 Å². The zero-order chi connectivity index (χ0) is 13.1. The average Bonchev–Trinajstić information content (AvgIpc) is 2.75. The van der Waals surface area contributed by atoms with E-state index in [0.717, 1.165) is 11.5 Å². The van der Waals surface area contributed by atoms with Crippen molar-refractivity contribution in [3.05, 3.63) is 35.6 Å². The lowest BCUT2D eigenvalue weighted by molar-refractivity contribution is 0.129. The highest BCUT2D eigenvalue weighted by Gasteiger charge is 2.25. The summed E-state index contributed by atoms with van der Waals surface area (Å²) < 4.78 is 12.8. The second kappa shape index (κ2) is 5.81. The van der Waals surface area contributed by atoms with E-state index in [2.05, 4.69) is 12.2 Å². The molecule has 1 aromatic rings. The molecule has 0 aliphatic heterocycles. The van der Waals surface area contributed by atoms with E-state index in [1.807, 2.05) is 6.92 Å². The van der Waals surface area contributed by atoms with Gasteiger partial charge in [0, 0.05) is 12.1 Å². The minimum absolute atomic E-state index is 0.00855. The Morgan fingerprint density at radius 2 is 1.94 bits per heavy atom. The van der Waals surface area contributed by atoms with Crippen LogP contribution in [0.4, 0.5) is 4.39 Å². The first-order chi connectivity index (χ1) is 8.56. The van der Waals surface area contributed by atoms with Crippen LogP contribution in [0.25, 0.3) is 0 Å². The number of halogens is 1. The minimum Gasteiger partial charge on any atom is -0.387 e. The van der Waals surface area contributed by atoms with Crippen LogP contribution < -0.4 is 5.32 Å². The molecule has 1 aliphatic carbocycles. The lowest BCUT2D eigenvalue weighted by atomic mass is 10.0. The van der Waals surface area contributed by atoms with Crippen molar-refractivity contribution in [2.75, 3.05) is 0 Å². The Morgan fingerprint density at radius 1 is 1.28 bits per heavy atom. The molecule has 0 saturated heterocycles. The molecule has 2 rings (SSSR count). The molecule has 2 nitrogen and oxygen atoms in total. The second-order valence-electron chi connectivity index (χ2n) is 5.57. The van der Waals surface area contributed by atoms with Crippen LogP contribution in [0.5, 0.6) is 0 Å². The number of aliphatic hydroxyl groups is 1. The van der Waals surface area contributed by atoms with Crippen LogP contribution >= 0.6 is 0 Å². The highest BCUT2D eigenvalue weighted by molar-refractivity contribution is 5.19. The van der Waals surface area contributed by atoms with Crippen molar-refractivity contribution in [3.8, 4) is 0 Å². The van der Waals surface area contributed by atoms with Crippen molar-refractivity contribution < 1.29 is 9.50 Å². The average molecular weight is 251 g/mol. The molecule has 0 spiro atoms. The van der Waals surface area contributed by atoms with Gasteiger partial charge in [0.2, 0.25) is 0 Å². The van der Waals surface area contributed by atoms with Crippen LogP contribution in [-0.4, -0.2) is 17.2 Å². The standard InChI is InChI=1S/C15H22FNO/c1-10-3-8-14(9-10)17-11(2)15(18)12-4-6-13(16)7-5-12/h4-7,10-11,14-15,17-18H,3,8-9H2,1-2H3. The summed E-state index contributed by atoms with van der Waals surface area (Å²) in [7, 11) is 0. The number of nitrogens with one attached hydrogen (secondary N) is 1. The Hall–Kier alpha value is -0.930. The van der Waals surface area contributed by atoms with Crippen molar-refractivity contribution >= 4 is 0 Å². The molecule has 0 heterocycles. The summed E-state index contributed by atoms with van der Waals surface area (Å²) in [6, 6.07) is 6.58. The molecule has 0 bridgehead atoms. The first kappa shape index (κ1) is 13.5. The monoisotopic (exact) mass is 251 g/mol. The third-order valence-corrected chi connectivity index (χ3v) is 3.88. The number of rotatable bonds is 4. The van der Waals surface area contributed by atoms with E-state index in [1.54, 1.807) is 12.1 Å². The molecule has 1 saturated carbocycles. The zero-order valence-electron chi connectivity index (χ0n) is 11.1. The normalized spacial score (nSPS) is 27.1. The predicted octanol–water partition coefficient (Wildman–Crippen LogP) is 3.03. The van der Waals surface area contributed by atoms with E-state index < -0.39 is 6.10 Å². The molecule has 0 radical (unpaired) electrons. The van der Waals surface area contributed by atoms with Gasteiger partial charge in [-0.25, -0.2) is 4.39 Å². The Bertz CT molecular complexity index is 379. The molecule has 100 valence electrons. The number of hydrogen-bond donors (Lipinski definition) is 2. The van der Waals surface area contributed by atoms with Gasteiger partial charge in [0.05, 0.1) is 6.10 Å². The van der Waals surface area contributed by atoms with Crippen LogP contribution in [0, 0.1) is 11.7 Å². The van der Waals surface area contributed by atoms with E-state index in [-0.39, 0.29) is 11.9 Å². The smallest absolute Gasteiger partial charge is 0.123 e. The predicted molar refractivity (Wildman–Crippen MR) is 70.8 cm³/mol. The second-order valence-corrected chi connectivity index (χ2v) is 5.57. The SMILES string of the molecule is CC1CCC(NC(C)C(O)c2ccc(F)cc2)C1. The Morgan fingerprint density at radius 3 is 2.50 bits per heavy atom. The van der Waals surface area contributed by atoms with Crippen molar-refractivity contribution in [1.82, 2.24) is 5.32 Å². The fourth-order valence-electron chi connectivity index (χ4n) is 2.77. The topological polar surface area (TPSA) is 32.3 Å². The molecule has 4 unspecified atom stereocenters. The van der Waals surface area contributed by atoms with Gasteiger partial charge in [0.25, 0.3) is 0 Å². The van der Waals surface area contributed by atoms with Gasteiger partial charge in [-0.1, -0.05) is 19.1 Å². The van der Waals surface area contributed by atoms with Gasteiger partial charge in [-0.3, -0.25) is 0 Å². The Balaban J connectivity index is 1.92. The zero-order valence-corrected chi connectivity index (χ0v) is 11.1. The fraction of sp³-hybridized carbons (Fsp3) is 0.600. The molecule has 0 amide bonds. The van der Waals surface area contributed by atoms with E-state index in [4.69, 9.17) is 0 Å². The Labute approximate surface area is 108 Å². The molecule has 2 N–H and O–H groups in total. The molecular formula is C15H22FNO. The summed E-state index contributed by atoms with van der Waals surface area (Å²) in [5.41, 5.74) is 0.766. The summed E-state index contributed by atoms with van der Waals surface area (Å²) in [4.78, 5) is 0. The van der Waals surface area contributed by atoms with Crippen molar-refractivity contribution in [2.45, 2.75) is 51.3 Å². The fourth-order valence-corrected chi connectivity index (χ4v) is 2.77. The van der Waals surface area contributed by atoms with E-state index in [1.165, 1.54) is 31.4 Å². The number of aliphatic hydroxyl groups excluding tert-OH is 1. The molecule has 1 fully saturated rings. The lowest BCUT2D eigenvalue weighted by Crippen LogP contribution is -2.38. The molecule has 4 atom stereocenters. The van der Waals surface area contributed by atoms with Crippen molar-refractivity contribution in [3.63, 3.8) is 0 Å². The van der Waals surface area contributed by atoms with E-state index in [0.29, 0.717) is 6.04 Å². The number of benzene rings is 1.